The van der Waals surface area contributed by atoms with Gasteiger partial charge in [0.15, 0.2) is 9.84 Å². The molecule has 0 bridgehead atoms. The topological polar surface area (TPSA) is 63.2 Å². The van der Waals surface area contributed by atoms with Crippen LogP contribution in [0.5, 0.6) is 0 Å². The van der Waals surface area contributed by atoms with Crippen LogP contribution in [0.15, 0.2) is 18.2 Å². The van der Waals surface area contributed by atoms with Gasteiger partial charge in [-0.2, -0.15) is 13.2 Å². The van der Waals surface area contributed by atoms with Gasteiger partial charge in [-0.1, -0.05) is 6.07 Å². The quantitative estimate of drug-likeness (QED) is 0.840. The Morgan fingerprint density at radius 2 is 1.95 bits per heavy atom. The van der Waals surface area contributed by atoms with Crippen LogP contribution in [-0.4, -0.2) is 31.4 Å². The molecule has 122 valence electrons. The van der Waals surface area contributed by atoms with Crippen LogP contribution >= 0.6 is 0 Å². The third kappa shape index (κ3) is 3.40. The highest BCUT2D eigenvalue weighted by Gasteiger charge is 2.42. The largest absolute Gasteiger partial charge is 0.417 e. The molecule has 1 aliphatic heterocycles. The molecule has 2 rings (SSSR count). The molecule has 9 heteroatoms. The molecule has 1 aliphatic rings. The van der Waals surface area contributed by atoms with Crippen LogP contribution in [0.2, 0.25) is 0 Å². The minimum absolute atomic E-state index is 0.0663. The van der Waals surface area contributed by atoms with Gasteiger partial charge in [-0.3, -0.25) is 4.79 Å². The van der Waals surface area contributed by atoms with Crippen LogP contribution in [0.25, 0.3) is 0 Å². The van der Waals surface area contributed by atoms with E-state index in [0.717, 1.165) is 12.1 Å². The molecule has 0 saturated carbocycles. The molecule has 1 amide bonds. The second-order valence-electron chi connectivity index (χ2n) is 5.52. The highest BCUT2D eigenvalue weighted by molar-refractivity contribution is 7.91. The lowest BCUT2D eigenvalue weighted by Gasteiger charge is -2.25. The molecule has 1 heterocycles. The molecule has 1 aromatic rings. The third-order valence-corrected chi connectivity index (χ3v) is 5.37. The van der Waals surface area contributed by atoms with Crippen LogP contribution in [0.1, 0.15) is 29.3 Å². The van der Waals surface area contributed by atoms with Gasteiger partial charge in [0.1, 0.15) is 5.82 Å². The van der Waals surface area contributed by atoms with Crippen molar-refractivity contribution in [3.05, 3.63) is 35.1 Å². The van der Waals surface area contributed by atoms with Gasteiger partial charge in [0, 0.05) is 0 Å². The van der Waals surface area contributed by atoms with Crippen molar-refractivity contribution in [2.75, 3.05) is 11.5 Å². The number of nitrogens with one attached hydrogen (secondary N) is 1. The fourth-order valence-electron chi connectivity index (χ4n) is 2.44. The molecule has 1 N–H and O–H groups in total. The first-order chi connectivity index (χ1) is 9.94. The van der Waals surface area contributed by atoms with Crippen molar-refractivity contribution in [1.82, 2.24) is 5.32 Å². The van der Waals surface area contributed by atoms with Crippen molar-refractivity contribution >= 4 is 15.7 Å². The zero-order valence-corrected chi connectivity index (χ0v) is 12.3. The van der Waals surface area contributed by atoms with E-state index in [1.54, 1.807) is 0 Å². The maximum absolute atomic E-state index is 13.7. The van der Waals surface area contributed by atoms with Crippen molar-refractivity contribution in [3.63, 3.8) is 0 Å². The van der Waals surface area contributed by atoms with E-state index in [4.69, 9.17) is 0 Å². The minimum atomic E-state index is -4.89. The van der Waals surface area contributed by atoms with Crippen molar-refractivity contribution < 1.29 is 30.8 Å². The van der Waals surface area contributed by atoms with E-state index in [1.165, 1.54) is 6.92 Å². The lowest BCUT2D eigenvalue weighted by atomic mass is 9.99. The number of benzene rings is 1. The Kier molecular flexibility index (Phi) is 3.97. The summed E-state index contributed by atoms with van der Waals surface area (Å²) in [4.78, 5) is 12.1. The number of halogens is 4. The normalized spacial score (nSPS) is 24.2. The first-order valence-corrected chi connectivity index (χ1v) is 8.14. The molecule has 1 unspecified atom stereocenters. The molecule has 22 heavy (non-hydrogen) atoms. The molecule has 1 atom stereocenters. The van der Waals surface area contributed by atoms with E-state index >= 15 is 0 Å². The summed E-state index contributed by atoms with van der Waals surface area (Å²) < 4.78 is 75.2. The van der Waals surface area contributed by atoms with Crippen LogP contribution in [0.3, 0.4) is 0 Å². The van der Waals surface area contributed by atoms with Gasteiger partial charge in [0.25, 0.3) is 5.91 Å². The second kappa shape index (κ2) is 5.22. The van der Waals surface area contributed by atoms with E-state index in [1.807, 2.05) is 0 Å². The molecule has 4 nitrogen and oxygen atoms in total. The number of hydrogen-bond acceptors (Lipinski definition) is 3. The van der Waals surface area contributed by atoms with Gasteiger partial charge in [-0.25, -0.2) is 12.8 Å². The molecule has 1 saturated heterocycles. The zero-order valence-electron chi connectivity index (χ0n) is 11.5. The first-order valence-electron chi connectivity index (χ1n) is 6.32. The number of alkyl halides is 3. The number of sulfone groups is 1. The van der Waals surface area contributed by atoms with E-state index in [9.17, 15) is 30.8 Å². The molecular formula is C13H13F4NO3S. The lowest BCUT2D eigenvalue weighted by molar-refractivity contribution is -0.138. The van der Waals surface area contributed by atoms with Gasteiger partial charge in [0.2, 0.25) is 0 Å². The second-order valence-corrected chi connectivity index (χ2v) is 7.70. The van der Waals surface area contributed by atoms with Crippen molar-refractivity contribution in [1.29, 1.82) is 0 Å². The summed E-state index contributed by atoms with van der Waals surface area (Å²) in [6, 6.07) is 2.21. The van der Waals surface area contributed by atoms with E-state index in [-0.39, 0.29) is 17.9 Å². The number of hydrogen-bond donors (Lipinski definition) is 1. The first kappa shape index (κ1) is 16.7. The molecular weight excluding hydrogens is 326 g/mol. The van der Waals surface area contributed by atoms with E-state index < -0.39 is 44.4 Å². The minimum Gasteiger partial charge on any atom is -0.346 e. The molecule has 1 fully saturated rings. The SMILES string of the molecule is CC1(NC(=O)c2c(F)cccc2C(F)(F)F)CCS(=O)(=O)C1. The monoisotopic (exact) mass is 339 g/mol. The van der Waals surface area contributed by atoms with Crippen LogP contribution in [0, 0.1) is 5.82 Å². The predicted octanol–water partition coefficient (Wildman–Crippen LogP) is 2.15. The zero-order chi connectivity index (χ0) is 16.8. The van der Waals surface area contributed by atoms with Crippen LogP contribution in [-0.2, 0) is 16.0 Å². The Hall–Kier alpha value is -1.64. The Morgan fingerprint density at radius 3 is 2.45 bits per heavy atom. The van der Waals surface area contributed by atoms with Gasteiger partial charge in [-0.15, -0.1) is 0 Å². The van der Waals surface area contributed by atoms with Gasteiger partial charge < -0.3 is 5.32 Å². The lowest BCUT2D eigenvalue weighted by Crippen LogP contribution is -2.47. The molecule has 1 aromatic carbocycles. The van der Waals surface area contributed by atoms with Gasteiger partial charge >= 0.3 is 6.18 Å². The fourth-order valence-corrected chi connectivity index (χ4v) is 4.53. The molecule has 0 spiro atoms. The Balaban J connectivity index is 2.35. The maximum Gasteiger partial charge on any atom is 0.417 e. The Labute approximate surface area is 124 Å². The third-order valence-electron chi connectivity index (χ3n) is 3.46. The molecule has 0 aromatic heterocycles. The summed E-state index contributed by atoms with van der Waals surface area (Å²) >= 11 is 0. The highest BCUT2D eigenvalue weighted by atomic mass is 32.2. The summed E-state index contributed by atoms with van der Waals surface area (Å²) in [5, 5.41) is 2.22. The van der Waals surface area contributed by atoms with E-state index in [0.29, 0.717) is 6.07 Å². The van der Waals surface area contributed by atoms with Gasteiger partial charge in [0.05, 0.1) is 28.2 Å². The summed E-state index contributed by atoms with van der Waals surface area (Å²) in [7, 11) is -3.36. The number of rotatable bonds is 2. The van der Waals surface area contributed by atoms with Crippen LogP contribution in [0.4, 0.5) is 17.6 Å². The summed E-state index contributed by atoms with van der Waals surface area (Å²) in [5.74, 6) is -3.14. The summed E-state index contributed by atoms with van der Waals surface area (Å²) in [5.41, 5.74) is -3.73. The Bertz CT molecular complexity index is 714. The van der Waals surface area contributed by atoms with Gasteiger partial charge in [-0.05, 0) is 25.5 Å². The average Bonchev–Trinajstić information content (AvgIpc) is 2.61. The van der Waals surface area contributed by atoms with E-state index in [2.05, 4.69) is 5.32 Å². The fraction of sp³-hybridized carbons (Fsp3) is 0.462. The molecule has 0 radical (unpaired) electrons. The number of carbonyl (C=O) groups excluding carboxylic acids is 1. The van der Waals surface area contributed by atoms with Crippen molar-refractivity contribution in [2.24, 2.45) is 0 Å². The summed E-state index contributed by atoms with van der Waals surface area (Å²) in [6.45, 7) is 1.41. The van der Waals surface area contributed by atoms with Crippen molar-refractivity contribution in [3.8, 4) is 0 Å². The smallest absolute Gasteiger partial charge is 0.346 e. The Morgan fingerprint density at radius 1 is 1.32 bits per heavy atom. The predicted molar refractivity (Wildman–Crippen MR) is 70.5 cm³/mol. The van der Waals surface area contributed by atoms with Crippen molar-refractivity contribution in [2.45, 2.75) is 25.1 Å². The maximum atomic E-state index is 13.7. The average molecular weight is 339 g/mol. The summed E-state index contributed by atoms with van der Waals surface area (Å²) in [6.07, 6.45) is -4.83. The number of amides is 1. The standard InChI is InChI=1S/C13H13F4NO3S/c1-12(5-6-22(20,21)7-12)18-11(19)10-8(13(15,16)17)3-2-4-9(10)14/h2-4H,5-7H2,1H3,(H,18,19). The molecule has 0 aliphatic carbocycles. The van der Waals surface area contributed by atoms with Crippen LogP contribution < -0.4 is 5.32 Å². The highest BCUT2D eigenvalue weighted by Crippen LogP contribution is 2.33. The number of carbonyl (C=O) groups is 1.